The number of anilines is 1. The quantitative estimate of drug-likeness (QED) is 0.539. The van der Waals surface area contributed by atoms with Crippen LogP contribution in [0.25, 0.3) is 10.8 Å². The summed E-state index contributed by atoms with van der Waals surface area (Å²) in [5.74, 6) is -0.284. The van der Waals surface area contributed by atoms with Crippen LogP contribution in [0.2, 0.25) is 0 Å². The predicted molar refractivity (Wildman–Crippen MR) is 117 cm³/mol. The number of para-hydroxylation sites is 1. The van der Waals surface area contributed by atoms with Gasteiger partial charge in [0.2, 0.25) is 5.91 Å². The highest BCUT2D eigenvalue weighted by Crippen LogP contribution is 2.17. The van der Waals surface area contributed by atoms with Crippen molar-refractivity contribution in [3.63, 3.8) is 0 Å². The molecule has 1 N–H and O–H groups in total. The second kappa shape index (κ2) is 8.69. The molecule has 2 heterocycles. The fraction of sp³-hybridized carbons (Fsp3) is 0.167. The highest BCUT2D eigenvalue weighted by Gasteiger charge is 2.14. The van der Waals surface area contributed by atoms with Crippen LogP contribution in [0.1, 0.15) is 23.7 Å². The number of nitrogens with zero attached hydrogens (tertiary/aromatic N) is 3. The van der Waals surface area contributed by atoms with Gasteiger partial charge in [0.05, 0.1) is 11.1 Å². The van der Waals surface area contributed by atoms with Gasteiger partial charge in [-0.1, -0.05) is 49.4 Å². The largest absolute Gasteiger partial charge is 0.324 e. The molecule has 4 rings (SSSR count). The topological polar surface area (TPSA) is 76.9 Å². The van der Waals surface area contributed by atoms with Gasteiger partial charge in [-0.3, -0.25) is 14.6 Å². The summed E-state index contributed by atoms with van der Waals surface area (Å²) in [5, 5.41) is 8.78. The molecule has 2 aromatic heterocycles. The summed E-state index contributed by atoms with van der Waals surface area (Å²) in [7, 11) is 0. The number of hydrogen-bond donors (Lipinski definition) is 1. The number of aromatic nitrogens is 3. The third-order valence-electron chi connectivity index (χ3n) is 5.00. The summed E-state index contributed by atoms with van der Waals surface area (Å²) in [4.78, 5) is 29.8. The number of benzene rings is 2. The first-order chi connectivity index (χ1) is 14.7. The molecule has 2 aromatic carbocycles. The highest BCUT2D eigenvalue weighted by molar-refractivity contribution is 5.91. The smallest absolute Gasteiger partial charge is 0.275 e. The number of carbonyl (C=O) groups is 1. The molecule has 6 heteroatoms. The summed E-state index contributed by atoms with van der Waals surface area (Å²) in [5.41, 5.74) is 3.25. The highest BCUT2D eigenvalue weighted by atomic mass is 16.2. The van der Waals surface area contributed by atoms with Gasteiger partial charge in [0.1, 0.15) is 6.54 Å². The van der Waals surface area contributed by atoms with Crippen molar-refractivity contribution in [1.29, 1.82) is 0 Å². The molecule has 30 heavy (non-hydrogen) atoms. The third-order valence-corrected chi connectivity index (χ3v) is 5.00. The summed E-state index contributed by atoms with van der Waals surface area (Å²) in [6.07, 6.45) is 4.82. The molecule has 0 spiro atoms. The minimum Gasteiger partial charge on any atom is -0.324 e. The maximum absolute atomic E-state index is 13.0. The Morgan fingerprint density at radius 3 is 2.53 bits per heavy atom. The van der Waals surface area contributed by atoms with E-state index < -0.39 is 0 Å². The summed E-state index contributed by atoms with van der Waals surface area (Å²) in [6.45, 7) is 1.88. The zero-order chi connectivity index (χ0) is 20.9. The summed E-state index contributed by atoms with van der Waals surface area (Å²) < 4.78 is 1.25. The Morgan fingerprint density at radius 1 is 1.00 bits per heavy atom. The van der Waals surface area contributed by atoms with E-state index in [9.17, 15) is 9.59 Å². The first-order valence-corrected chi connectivity index (χ1v) is 9.91. The molecule has 0 aliphatic rings. The van der Waals surface area contributed by atoms with Crippen molar-refractivity contribution < 1.29 is 4.79 Å². The molecule has 6 nitrogen and oxygen atoms in total. The molecular formula is C24H22N4O2. The molecule has 0 fully saturated rings. The van der Waals surface area contributed by atoms with E-state index in [2.05, 4.69) is 15.4 Å². The van der Waals surface area contributed by atoms with Gasteiger partial charge in [0.25, 0.3) is 5.56 Å². The molecular weight excluding hydrogens is 376 g/mol. The van der Waals surface area contributed by atoms with E-state index in [0.717, 1.165) is 34.3 Å². The SMILES string of the molecule is CCc1ccccc1NC(=O)Cn1nc(Cc2cccnc2)c2ccccc2c1=O. The number of aryl methyl sites for hydroxylation is 1. The van der Waals surface area contributed by atoms with Gasteiger partial charge < -0.3 is 5.32 Å². The normalized spacial score (nSPS) is 10.8. The molecule has 150 valence electrons. The van der Waals surface area contributed by atoms with Crippen LogP contribution < -0.4 is 10.9 Å². The van der Waals surface area contributed by atoms with Crippen molar-refractivity contribution in [1.82, 2.24) is 14.8 Å². The van der Waals surface area contributed by atoms with Gasteiger partial charge in [-0.2, -0.15) is 5.10 Å². The van der Waals surface area contributed by atoms with Gasteiger partial charge in [-0.15, -0.1) is 0 Å². The van der Waals surface area contributed by atoms with E-state index in [1.54, 1.807) is 18.5 Å². The molecule has 0 radical (unpaired) electrons. The van der Waals surface area contributed by atoms with Crippen LogP contribution in [-0.4, -0.2) is 20.7 Å². The van der Waals surface area contributed by atoms with Gasteiger partial charge in [0, 0.05) is 29.9 Å². The predicted octanol–water partition coefficient (Wildman–Crippen LogP) is 3.58. The second-order valence-corrected chi connectivity index (χ2v) is 7.05. The maximum atomic E-state index is 13.0. The molecule has 0 bridgehead atoms. The Kier molecular flexibility index (Phi) is 5.66. The zero-order valence-corrected chi connectivity index (χ0v) is 16.7. The van der Waals surface area contributed by atoms with E-state index in [4.69, 9.17) is 0 Å². The van der Waals surface area contributed by atoms with Crippen molar-refractivity contribution in [3.05, 3.63) is 100 Å². The lowest BCUT2D eigenvalue weighted by molar-refractivity contribution is -0.117. The van der Waals surface area contributed by atoms with E-state index >= 15 is 0 Å². The molecule has 0 atom stereocenters. The van der Waals surface area contributed by atoms with Crippen LogP contribution >= 0.6 is 0 Å². The third kappa shape index (κ3) is 4.12. The lowest BCUT2D eigenvalue weighted by atomic mass is 10.1. The number of carbonyl (C=O) groups excluding carboxylic acids is 1. The van der Waals surface area contributed by atoms with Crippen LogP contribution in [0.5, 0.6) is 0 Å². The van der Waals surface area contributed by atoms with Crippen molar-refractivity contribution in [3.8, 4) is 0 Å². The number of rotatable bonds is 6. The fourth-order valence-corrected chi connectivity index (χ4v) is 3.52. The first kappa shape index (κ1) is 19.5. The van der Waals surface area contributed by atoms with E-state index in [-0.39, 0.29) is 18.0 Å². The second-order valence-electron chi connectivity index (χ2n) is 7.05. The van der Waals surface area contributed by atoms with Crippen molar-refractivity contribution in [2.75, 3.05) is 5.32 Å². The van der Waals surface area contributed by atoms with Crippen LogP contribution in [0.4, 0.5) is 5.69 Å². The van der Waals surface area contributed by atoms with Gasteiger partial charge in [0.15, 0.2) is 0 Å². The Bertz CT molecular complexity index is 1250. The Balaban J connectivity index is 1.67. The maximum Gasteiger partial charge on any atom is 0.275 e. The fourth-order valence-electron chi connectivity index (χ4n) is 3.52. The lowest BCUT2D eigenvalue weighted by Crippen LogP contribution is -2.31. The molecule has 0 aliphatic heterocycles. The zero-order valence-electron chi connectivity index (χ0n) is 16.7. The number of hydrogen-bond acceptors (Lipinski definition) is 4. The average Bonchev–Trinajstić information content (AvgIpc) is 2.78. The van der Waals surface area contributed by atoms with Crippen LogP contribution in [0, 0.1) is 0 Å². The van der Waals surface area contributed by atoms with Crippen molar-refractivity contribution in [2.24, 2.45) is 0 Å². The number of nitrogens with one attached hydrogen (secondary N) is 1. The van der Waals surface area contributed by atoms with E-state index in [1.165, 1.54) is 4.68 Å². The van der Waals surface area contributed by atoms with Crippen molar-refractivity contribution in [2.45, 2.75) is 26.3 Å². The molecule has 4 aromatic rings. The molecule has 0 saturated carbocycles. The monoisotopic (exact) mass is 398 g/mol. The Labute approximate surface area is 174 Å². The minimum atomic E-state index is -0.284. The average molecular weight is 398 g/mol. The van der Waals surface area contributed by atoms with E-state index in [0.29, 0.717) is 11.8 Å². The Hall–Kier alpha value is -3.80. The standard InChI is InChI=1S/C24H22N4O2/c1-2-18-9-3-6-12-21(18)26-23(29)16-28-24(30)20-11-5-4-10-19(20)22(27-28)14-17-8-7-13-25-15-17/h3-13,15H,2,14,16H2,1H3,(H,26,29). The number of pyridine rings is 1. The number of fused-ring (bicyclic) bond motifs is 1. The summed E-state index contributed by atoms with van der Waals surface area (Å²) >= 11 is 0. The Morgan fingerprint density at radius 2 is 1.77 bits per heavy atom. The first-order valence-electron chi connectivity index (χ1n) is 9.91. The lowest BCUT2D eigenvalue weighted by Gasteiger charge is -2.13. The minimum absolute atomic E-state index is 0.151. The van der Waals surface area contributed by atoms with Gasteiger partial charge in [-0.25, -0.2) is 4.68 Å². The molecule has 1 amide bonds. The van der Waals surface area contributed by atoms with Crippen LogP contribution in [0.15, 0.2) is 77.9 Å². The van der Waals surface area contributed by atoms with Crippen LogP contribution in [0.3, 0.4) is 0 Å². The van der Waals surface area contributed by atoms with Crippen molar-refractivity contribution >= 4 is 22.4 Å². The number of amides is 1. The molecule has 0 unspecified atom stereocenters. The molecule has 0 aliphatic carbocycles. The van der Waals surface area contributed by atoms with Gasteiger partial charge in [-0.05, 0) is 35.7 Å². The molecule has 0 saturated heterocycles. The summed E-state index contributed by atoms with van der Waals surface area (Å²) in [6, 6.07) is 18.8. The van der Waals surface area contributed by atoms with E-state index in [1.807, 2.05) is 61.5 Å². The van der Waals surface area contributed by atoms with Crippen LogP contribution in [-0.2, 0) is 24.2 Å². The van der Waals surface area contributed by atoms with Gasteiger partial charge >= 0.3 is 0 Å².